The van der Waals surface area contributed by atoms with Crippen LogP contribution < -0.4 is 5.32 Å². The zero-order valence-electron chi connectivity index (χ0n) is 16.1. The van der Waals surface area contributed by atoms with E-state index in [0.717, 1.165) is 11.3 Å². The molecule has 10 heteroatoms. The largest absolute Gasteiger partial charge is 0.462 e. The lowest BCUT2D eigenvalue weighted by atomic mass is 10.2. The SMILES string of the molecule is CCOC(=O)c1sc(NC(=O)COC(=O)c2cccc3nccnc23)c(C#N)c1C. The molecule has 0 atom stereocenters. The molecular weight excluding hydrogens is 408 g/mol. The molecule has 0 spiro atoms. The number of anilines is 1. The van der Waals surface area contributed by atoms with Crippen molar-refractivity contribution in [3.63, 3.8) is 0 Å². The number of benzene rings is 1. The number of carbonyl (C=O) groups excluding carboxylic acids is 3. The Morgan fingerprint density at radius 3 is 2.67 bits per heavy atom. The third-order valence-corrected chi connectivity index (χ3v) is 5.21. The zero-order chi connectivity index (χ0) is 21.7. The summed E-state index contributed by atoms with van der Waals surface area (Å²) in [6.07, 6.45) is 2.96. The maximum atomic E-state index is 12.4. The molecule has 3 aromatic rings. The van der Waals surface area contributed by atoms with Crippen molar-refractivity contribution in [1.29, 1.82) is 5.26 Å². The molecule has 0 aliphatic carbocycles. The highest BCUT2D eigenvalue weighted by atomic mass is 32.1. The van der Waals surface area contributed by atoms with E-state index in [2.05, 4.69) is 15.3 Å². The molecule has 1 N–H and O–H groups in total. The Hall–Kier alpha value is -3.84. The Bertz CT molecular complexity index is 1180. The van der Waals surface area contributed by atoms with Crippen molar-refractivity contribution < 1.29 is 23.9 Å². The van der Waals surface area contributed by atoms with E-state index in [4.69, 9.17) is 9.47 Å². The van der Waals surface area contributed by atoms with Gasteiger partial charge in [-0.05, 0) is 31.5 Å². The Kier molecular flexibility index (Phi) is 6.34. The number of ether oxygens (including phenoxy) is 2. The second-order valence-electron chi connectivity index (χ2n) is 5.95. The molecule has 2 aromatic heterocycles. The molecule has 2 heterocycles. The fourth-order valence-electron chi connectivity index (χ4n) is 2.66. The van der Waals surface area contributed by atoms with Gasteiger partial charge in [0.05, 0.1) is 23.3 Å². The van der Waals surface area contributed by atoms with Crippen LogP contribution in [0.15, 0.2) is 30.6 Å². The van der Waals surface area contributed by atoms with E-state index < -0.39 is 24.5 Å². The Morgan fingerprint density at radius 1 is 1.17 bits per heavy atom. The van der Waals surface area contributed by atoms with Crippen LogP contribution >= 0.6 is 11.3 Å². The lowest BCUT2D eigenvalue weighted by Gasteiger charge is -2.07. The molecule has 0 saturated carbocycles. The number of fused-ring (bicyclic) bond motifs is 1. The van der Waals surface area contributed by atoms with E-state index in [-0.39, 0.29) is 27.6 Å². The van der Waals surface area contributed by atoms with Gasteiger partial charge in [-0.2, -0.15) is 5.26 Å². The number of nitrogens with zero attached hydrogens (tertiary/aromatic N) is 3. The summed E-state index contributed by atoms with van der Waals surface area (Å²) in [5, 5.41) is 12.1. The highest BCUT2D eigenvalue weighted by Crippen LogP contribution is 2.33. The summed E-state index contributed by atoms with van der Waals surface area (Å²) in [7, 11) is 0. The zero-order valence-corrected chi connectivity index (χ0v) is 16.9. The van der Waals surface area contributed by atoms with Crippen LogP contribution in [0.3, 0.4) is 0 Å². The summed E-state index contributed by atoms with van der Waals surface area (Å²) in [6.45, 7) is 2.88. The first-order chi connectivity index (χ1) is 14.5. The van der Waals surface area contributed by atoms with Crippen molar-refractivity contribution in [2.75, 3.05) is 18.5 Å². The fourth-order valence-corrected chi connectivity index (χ4v) is 3.72. The number of thiophene rings is 1. The number of nitriles is 1. The molecule has 0 fully saturated rings. The minimum Gasteiger partial charge on any atom is -0.462 e. The number of carbonyl (C=O) groups is 3. The summed E-state index contributed by atoms with van der Waals surface area (Å²) >= 11 is 0.932. The number of rotatable bonds is 6. The average molecular weight is 424 g/mol. The fraction of sp³-hybridized carbons (Fsp3) is 0.200. The summed E-state index contributed by atoms with van der Waals surface area (Å²) in [5.74, 6) is -1.95. The number of esters is 2. The van der Waals surface area contributed by atoms with Gasteiger partial charge in [0.25, 0.3) is 5.91 Å². The highest BCUT2D eigenvalue weighted by Gasteiger charge is 2.23. The lowest BCUT2D eigenvalue weighted by molar-refractivity contribution is -0.119. The number of hydrogen-bond acceptors (Lipinski definition) is 9. The van der Waals surface area contributed by atoms with Crippen molar-refractivity contribution >= 4 is 45.2 Å². The molecule has 3 rings (SSSR count). The average Bonchev–Trinajstić information content (AvgIpc) is 3.06. The molecule has 1 aromatic carbocycles. The van der Waals surface area contributed by atoms with E-state index in [0.29, 0.717) is 16.6 Å². The van der Waals surface area contributed by atoms with Gasteiger partial charge in [0, 0.05) is 12.4 Å². The van der Waals surface area contributed by atoms with Gasteiger partial charge in [0.15, 0.2) is 6.61 Å². The predicted molar refractivity (Wildman–Crippen MR) is 108 cm³/mol. The van der Waals surface area contributed by atoms with Gasteiger partial charge in [-0.3, -0.25) is 14.8 Å². The van der Waals surface area contributed by atoms with Crippen LogP contribution in [-0.4, -0.2) is 41.0 Å². The second-order valence-corrected chi connectivity index (χ2v) is 6.97. The van der Waals surface area contributed by atoms with Gasteiger partial charge in [0.1, 0.15) is 21.5 Å². The van der Waals surface area contributed by atoms with E-state index >= 15 is 0 Å². The summed E-state index contributed by atoms with van der Waals surface area (Å²) < 4.78 is 10.0. The number of hydrogen-bond donors (Lipinski definition) is 1. The number of para-hydroxylation sites is 1. The molecule has 30 heavy (non-hydrogen) atoms. The summed E-state index contributed by atoms with van der Waals surface area (Å²) in [4.78, 5) is 45.1. The smallest absolute Gasteiger partial charge is 0.348 e. The van der Waals surface area contributed by atoms with Crippen LogP contribution in [0.4, 0.5) is 5.00 Å². The maximum Gasteiger partial charge on any atom is 0.348 e. The maximum absolute atomic E-state index is 12.4. The van der Waals surface area contributed by atoms with Gasteiger partial charge in [-0.15, -0.1) is 11.3 Å². The molecular formula is C20H16N4O5S. The van der Waals surface area contributed by atoms with Gasteiger partial charge < -0.3 is 14.8 Å². The molecule has 1 amide bonds. The summed E-state index contributed by atoms with van der Waals surface area (Å²) in [6, 6.07) is 6.83. The first-order valence-corrected chi connectivity index (χ1v) is 9.65. The highest BCUT2D eigenvalue weighted by molar-refractivity contribution is 7.18. The van der Waals surface area contributed by atoms with Crippen LogP contribution in [-0.2, 0) is 14.3 Å². The van der Waals surface area contributed by atoms with Crippen molar-refractivity contribution in [1.82, 2.24) is 9.97 Å². The van der Waals surface area contributed by atoms with Gasteiger partial charge >= 0.3 is 11.9 Å². The normalized spacial score (nSPS) is 10.3. The monoisotopic (exact) mass is 424 g/mol. The van der Waals surface area contributed by atoms with E-state index in [9.17, 15) is 19.6 Å². The lowest BCUT2D eigenvalue weighted by Crippen LogP contribution is -2.21. The number of amides is 1. The van der Waals surface area contributed by atoms with Gasteiger partial charge in [-0.1, -0.05) is 6.07 Å². The van der Waals surface area contributed by atoms with Crippen molar-refractivity contribution in [2.24, 2.45) is 0 Å². The standard InChI is InChI=1S/C20H16N4O5S/c1-3-28-20(27)17-11(2)13(9-21)18(30-17)24-15(25)10-29-19(26)12-5-4-6-14-16(12)23-8-7-22-14/h4-8H,3,10H2,1-2H3,(H,24,25). The minimum absolute atomic E-state index is 0.159. The third kappa shape index (κ3) is 4.26. The second kappa shape index (κ2) is 9.11. The van der Waals surface area contributed by atoms with Crippen LogP contribution in [0, 0.1) is 18.3 Å². The summed E-state index contributed by atoms with van der Waals surface area (Å²) in [5.41, 5.74) is 1.65. The predicted octanol–water partition coefficient (Wildman–Crippen LogP) is 2.84. The number of aromatic nitrogens is 2. The topological polar surface area (TPSA) is 131 Å². The minimum atomic E-state index is -0.730. The van der Waals surface area contributed by atoms with Gasteiger partial charge in [-0.25, -0.2) is 9.59 Å². The Labute approximate surface area is 175 Å². The molecule has 9 nitrogen and oxygen atoms in total. The van der Waals surface area contributed by atoms with Crippen LogP contribution in [0.2, 0.25) is 0 Å². The van der Waals surface area contributed by atoms with Crippen LogP contribution in [0.1, 0.15) is 38.1 Å². The molecule has 0 saturated heterocycles. The first-order valence-electron chi connectivity index (χ1n) is 8.83. The van der Waals surface area contributed by atoms with Crippen LogP contribution in [0.5, 0.6) is 0 Å². The molecule has 0 unspecified atom stereocenters. The molecule has 0 bridgehead atoms. The molecule has 152 valence electrons. The van der Waals surface area contributed by atoms with Crippen LogP contribution in [0.25, 0.3) is 11.0 Å². The van der Waals surface area contributed by atoms with E-state index in [1.807, 2.05) is 6.07 Å². The van der Waals surface area contributed by atoms with Crippen molar-refractivity contribution in [2.45, 2.75) is 13.8 Å². The Balaban J connectivity index is 1.70. The molecule has 0 aliphatic heterocycles. The quantitative estimate of drug-likeness (QED) is 0.598. The number of nitrogens with one attached hydrogen (secondary N) is 1. The van der Waals surface area contributed by atoms with Crippen molar-refractivity contribution in [3.8, 4) is 6.07 Å². The molecule has 0 radical (unpaired) electrons. The van der Waals surface area contributed by atoms with E-state index in [1.54, 1.807) is 26.0 Å². The Morgan fingerprint density at radius 2 is 1.93 bits per heavy atom. The van der Waals surface area contributed by atoms with Gasteiger partial charge in [0.2, 0.25) is 0 Å². The van der Waals surface area contributed by atoms with Crippen molar-refractivity contribution in [3.05, 3.63) is 52.2 Å². The third-order valence-electron chi connectivity index (χ3n) is 4.03. The first kappa shape index (κ1) is 20.9. The van der Waals surface area contributed by atoms with E-state index in [1.165, 1.54) is 18.5 Å². The molecule has 0 aliphatic rings.